The van der Waals surface area contributed by atoms with Gasteiger partial charge in [0.15, 0.2) is 0 Å². The Labute approximate surface area is 451 Å². The average Bonchev–Trinajstić information content (AvgIpc) is 3.94. The van der Waals surface area contributed by atoms with Crippen molar-refractivity contribution in [1.82, 2.24) is 15.0 Å². The normalized spacial score (nSPS) is 14.3. The third kappa shape index (κ3) is 11.0. The van der Waals surface area contributed by atoms with E-state index in [1.54, 1.807) is 38.4 Å². The summed E-state index contributed by atoms with van der Waals surface area (Å²) in [5, 5.41) is 9.87. The summed E-state index contributed by atoms with van der Waals surface area (Å²) in [6.07, 6.45) is 4.45. The molecule has 0 radical (unpaired) electrons. The number of aryl methyl sites for hydroxylation is 6. The number of benzene rings is 7. The fourth-order valence-corrected chi connectivity index (χ4v) is 9.64. The monoisotopic (exact) mass is 1120 g/mol. The van der Waals surface area contributed by atoms with Crippen molar-refractivity contribution in [2.75, 3.05) is 0 Å². The largest absolute Gasteiger partial charge is 3.00 e. The molecule has 0 fully saturated rings. The molecule has 0 bridgehead atoms. The maximum Gasteiger partial charge on any atom is 3.00 e. The van der Waals surface area contributed by atoms with Gasteiger partial charge in [0, 0.05) is 25.4 Å². The van der Waals surface area contributed by atoms with E-state index in [2.05, 4.69) is 143 Å². The first kappa shape index (κ1) is 42.8. The van der Waals surface area contributed by atoms with Gasteiger partial charge in [0.05, 0.1) is 11.6 Å². The zero-order valence-electron chi connectivity index (χ0n) is 45.6. The van der Waals surface area contributed by atoms with Crippen LogP contribution in [0.2, 0.25) is 0 Å². The molecular weight excluding hydrogens is 1060 g/mol. The van der Waals surface area contributed by atoms with E-state index in [1.165, 1.54) is 28.5 Å². The molecular formula is C68H53IrN4. The summed E-state index contributed by atoms with van der Waals surface area (Å²) in [7, 11) is 0. The van der Waals surface area contributed by atoms with Gasteiger partial charge in [-0.1, -0.05) is 152 Å². The third-order valence-electron chi connectivity index (χ3n) is 13.5. The molecule has 0 spiro atoms. The van der Waals surface area contributed by atoms with Crippen molar-refractivity contribution < 1.29 is 27.0 Å². The van der Waals surface area contributed by atoms with Crippen molar-refractivity contribution in [3.63, 3.8) is 0 Å². The van der Waals surface area contributed by atoms with Crippen LogP contribution in [0.3, 0.4) is 0 Å². The van der Waals surface area contributed by atoms with Crippen molar-refractivity contribution >= 4 is 0 Å². The Morgan fingerprint density at radius 2 is 1.10 bits per heavy atom. The molecule has 0 N–H and O–H groups in total. The van der Waals surface area contributed by atoms with Gasteiger partial charge in [0.2, 0.25) is 0 Å². The topological polar surface area (TPSA) is 62.5 Å². The minimum atomic E-state index is -1.85. The number of rotatable bonds is 14. The van der Waals surface area contributed by atoms with Gasteiger partial charge in [-0.25, -0.2) is 0 Å². The number of fused-ring (bicyclic) bond motifs is 1. The van der Waals surface area contributed by atoms with E-state index >= 15 is 0 Å². The van der Waals surface area contributed by atoms with E-state index in [-0.39, 0.29) is 32.1 Å². The second kappa shape index (κ2) is 22.3. The first-order valence-corrected chi connectivity index (χ1v) is 24.5. The van der Waals surface area contributed by atoms with E-state index in [4.69, 9.17) is 11.8 Å². The van der Waals surface area contributed by atoms with Crippen molar-refractivity contribution in [1.29, 1.82) is 5.26 Å². The number of aromatic nitrogens is 3. The van der Waals surface area contributed by atoms with E-state index in [0.29, 0.717) is 27.9 Å². The van der Waals surface area contributed by atoms with Crippen LogP contribution in [0.15, 0.2) is 195 Å². The van der Waals surface area contributed by atoms with Gasteiger partial charge in [0.1, 0.15) is 0 Å². The van der Waals surface area contributed by atoms with E-state index in [0.717, 1.165) is 92.7 Å². The van der Waals surface area contributed by atoms with Gasteiger partial charge in [-0.05, 0) is 129 Å². The molecule has 0 saturated carbocycles. The van der Waals surface area contributed by atoms with Gasteiger partial charge in [-0.2, -0.15) is 5.26 Å². The van der Waals surface area contributed by atoms with Crippen LogP contribution in [0.25, 0.3) is 78.3 Å². The summed E-state index contributed by atoms with van der Waals surface area (Å²) in [5.74, 6) is -0.966. The van der Waals surface area contributed by atoms with Gasteiger partial charge in [-0.3, -0.25) is 0 Å². The number of nitriles is 1. The SMILES string of the molecule is [2H]C(C)(C)c1cc(-c2ccc(-c3cc(-c4cc5c(cn4)C([2H])([2H])CC5([2H])[2H])[c-]cc3-c3ccccc3-c3cc(CCc4c[c-]c(-c5ccccn5)cc4)cc(CCc4c[c-]c(-c5ccccn5)cc4)c3)cc2)ccc1C#N.[Ir+3]. The number of hydrogen-bond donors (Lipinski definition) is 0. The summed E-state index contributed by atoms with van der Waals surface area (Å²) in [6, 6.07) is 72.5. The van der Waals surface area contributed by atoms with Crippen LogP contribution in [0.5, 0.6) is 0 Å². The summed E-state index contributed by atoms with van der Waals surface area (Å²) < 4.78 is 43.5. The Hall–Kier alpha value is -7.87. The van der Waals surface area contributed by atoms with Crippen LogP contribution in [0.4, 0.5) is 0 Å². The van der Waals surface area contributed by atoms with E-state index in [1.807, 2.05) is 54.6 Å². The minimum absolute atomic E-state index is 0. The quantitative estimate of drug-likeness (QED) is 0.102. The molecule has 3 heterocycles. The molecule has 0 amide bonds. The molecule has 4 nitrogen and oxygen atoms in total. The van der Waals surface area contributed by atoms with Crippen LogP contribution in [0.1, 0.15) is 77.5 Å². The standard InChI is InChI=1S/C68H53N4.Ir/c1-46(2)64-41-56(32-33-58(64)44-69)51-28-30-52(31-29-51)65-42-57(68-43-55-10-9-11-59(55)45-72-68)34-35-63(65)62-13-4-3-12-61(62)60-39-49(18-16-47-20-24-53(25-21-47)66-14-5-7-36-70-66)38-50(40-60)19-17-48-22-26-54(27-23-48)67-15-6-8-37-71-67;/h3-8,12-15,20-24,26,28-33,35-43,45-46H,9-11,16-19H2,1-2H3;/q-3;+3/i10D2,11D2,46D;. The predicted octanol–water partition coefficient (Wildman–Crippen LogP) is 16.0. The zero-order chi connectivity index (χ0) is 53.3. The Morgan fingerprint density at radius 3 is 1.70 bits per heavy atom. The molecule has 354 valence electrons. The van der Waals surface area contributed by atoms with E-state index in [9.17, 15) is 5.26 Å². The van der Waals surface area contributed by atoms with Gasteiger partial charge in [-0.15, -0.1) is 94.5 Å². The molecule has 1 aliphatic carbocycles. The molecule has 1 aliphatic rings. The van der Waals surface area contributed by atoms with Crippen molar-refractivity contribution in [2.24, 2.45) is 0 Å². The maximum atomic E-state index is 9.87. The molecule has 11 rings (SSSR count). The van der Waals surface area contributed by atoms with Crippen LogP contribution in [-0.2, 0) is 58.5 Å². The summed E-state index contributed by atoms with van der Waals surface area (Å²) in [5.41, 5.74) is 19.3. The van der Waals surface area contributed by atoms with Gasteiger partial charge < -0.3 is 15.0 Å². The summed E-state index contributed by atoms with van der Waals surface area (Å²) >= 11 is 0. The Morgan fingerprint density at radius 1 is 0.507 bits per heavy atom. The van der Waals surface area contributed by atoms with Crippen LogP contribution >= 0.6 is 0 Å². The van der Waals surface area contributed by atoms with Crippen LogP contribution < -0.4 is 0 Å². The van der Waals surface area contributed by atoms with Crippen molar-refractivity contribution in [2.45, 2.75) is 64.6 Å². The molecule has 0 atom stereocenters. The summed E-state index contributed by atoms with van der Waals surface area (Å²) in [4.78, 5) is 13.8. The zero-order valence-corrected chi connectivity index (χ0v) is 43.0. The first-order chi connectivity index (χ1) is 37.2. The second-order valence-electron chi connectivity index (χ2n) is 18.5. The van der Waals surface area contributed by atoms with E-state index < -0.39 is 18.6 Å². The minimum Gasteiger partial charge on any atom is -0.305 e. The number of nitrogens with zero attached hydrogens (tertiary/aromatic N) is 4. The molecule has 3 aromatic heterocycles. The molecule has 73 heavy (non-hydrogen) atoms. The van der Waals surface area contributed by atoms with Gasteiger partial charge >= 0.3 is 20.1 Å². The predicted molar refractivity (Wildman–Crippen MR) is 293 cm³/mol. The Balaban J connectivity index is 0.00000688. The smallest absolute Gasteiger partial charge is 0.305 e. The van der Waals surface area contributed by atoms with Crippen LogP contribution in [-0.4, -0.2) is 15.0 Å². The Bertz CT molecular complexity index is 3710. The fraction of sp³-hybridized carbons (Fsp3) is 0.147. The number of pyridine rings is 3. The summed E-state index contributed by atoms with van der Waals surface area (Å²) in [6.45, 7) is 3.59. The molecule has 0 saturated heterocycles. The van der Waals surface area contributed by atoms with Crippen molar-refractivity contribution in [3.05, 3.63) is 257 Å². The number of hydrogen-bond acceptors (Lipinski definition) is 4. The van der Waals surface area contributed by atoms with Gasteiger partial charge in [0.25, 0.3) is 0 Å². The van der Waals surface area contributed by atoms with Crippen molar-refractivity contribution in [3.8, 4) is 84.3 Å². The fourth-order valence-electron chi connectivity index (χ4n) is 9.64. The molecule has 10 aromatic rings. The molecule has 5 heteroatoms. The average molecular weight is 1120 g/mol. The maximum absolute atomic E-state index is 9.87. The van der Waals surface area contributed by atoms with Crippen LogP contribution in [0, 0.1) is 29.5 Å². The second-order valence-corrected chi connectivity index (χ2v) is 18.5. The molecule has 7 aromatic carbocycles. The molecule has 0 unspecified atom stereocenters. The first-order valence-electron chi connectivity index (χ1n) is 27.0. The Kier molecular flexibility index (Phi) is 13.0. The molecule has 0 aliphatic heterocycles. The third-order valence-corrected chi connectivity index (χ3v) is 13.5.